The number of methoxy groups -OCH3 is 1. The van der Waals surface area contributed by atoms with Crippen molar-refractivity contribution < 1.29 is 4.74 Å². The average Bonchev–Trinajstić information content (AvgIpc) is 2.61. The molecule has 0 amide bonds. The van der Waals surface area contributed by atoms with E-state index in [1.807, 2.05) is 0 Å². The molecule has 1 aliphatic heterocycles. The Bertz CT molecular complexity index is 670. The van der Waals surface area contributed by atoms with Crippen molar-refractivity contribution in [1.82, 2.24) is 10.2 Å². The summed E-state index contributed by atoms with van der Waals surface area (Å²) in [5.74, 6) is 0.843. The first-order valence-electron chi connectivity index (χ1n) is 8.67. The van der Waals surface area contributed by atoms with Crippen molar-refractivity contribution in [1.29, 1.82) is 0 Å². The van der Waals surface area contributed by atoms with Crippen LogP contribution in [-0.2, 0) is 13.1 Å². The van der Waals surface area contributed by atoms with Crippen LogP contribution in [-0.4, -0.2) is 31.1 Å². The highest BCUT2D eigenvalue weighted by molar-refractivity contribution is 9.11. The molecule has 3 nitrogen and oxygen atoms in total. The predicted molar refractivity (Wildman–Crippen MR) is 110 cm³/mol. The summed E-state index contributed by atoms with van der Waals surface area (Å²) < 4.78 is 7.34. The lowest BCUT2D eigenvalue weighted by Gasteiger charge is -2.33. The first-order valence-corrected chi connectivity index (χ1v) is 10.3. The van der Waals surface area contributed by atoms with Gasteiger partial charge in [-0.2, -0.15) is 0 Å². The van der Waals surface area contributed by atoms with Crippen LogP contribution in [0.2, 0.25) is 0 Å². The minimum Gasteiger partial charge on any atom is -0.494 e. The van der Waals surface area contributed by atoms with Crippen molar-refractivity contribution in [3.05, 3.63) is 62.5 Å². The molecule has 1 fully saturated rings. The molecule has 5 heteroatoms. The molecule has 1 aliphatic rings. The number of nitrogens with zero attached hydrogens (tertiary/aromatic N) is 1. The fourth-order valence-corrected chi connectivity index (χ4v) is 4.98. The molecule has 2 aromatic carbocycles. The summed E-state index contributed by atoms with van der Waals surface area (Å²) in [4.78, 5) is 2.55. The maximum atomic E-state index is 5.38. The van der Waals surface area contributed by atoms with E-state index in [2.05, 4.69) is 84.5 Å². The lowest BCUT2D eigenvalue weighted by molar-refractivity contribution is 0.182. The van der Waals surface area contributed by atoms with Gasteiger partial charge >= 0.3 is 0 Å². The molecule has 1 saturated heterocycles. The van der Waals surface area contributed by atoms with Crippen LogP contribution in [0.5, 0.6) is 5.75 Å². The maximum absolute atomic E-state index is 5.38. The van der Waals surface area contributed by atoms with Gasteiger partial charge in [-0.3, -0.25) is 4.90 Å². The summed E-state index contributed by atoms with van der Waals surface area (Å²) in [5.41, 5.74) is 2.64. The normalized spacial score (nSPS) is 18.3. The molecule has 0 aliphatic carbocycles. The summed E-state index contributed by atoms with van der Waals surface area (Å²) >= 11 is 7.16. The molecule has 1 heterocycles. The van der Waals surface area contributed by atoms with E-state index >= 15 is 0 Å². The molecule has 3 rings (SSSR count). The highest BCUT2D eigenvalue weighted by Gasteiger charge is 2.19. The number of hydrogen-bond donors (Lipinski definition) is 1. The zero-order valence-electron chi connectivity index (χ0n) is 14.5. The largest absolute Gasteiger partial charge is 0.494 e. The molecule has 0 spiro atoms. The second-order valence-electron chi connectivity index (χ2n) is 6.53. The summed E-state index contributed by atoms with van der Waals surface area (Å²) in [6, 6.07) is 15.5. The smallest absolute Gasteiger partial charge is 0.147 e. The summed E-state index contributed by atoms with van der Waals surface area (Å²) in [6.45, 7) is 4.20. The third-order valence-electron chi connectivity index (χ3n) is 4.61. The second kappa shape index (κ2) is 9.17. The molecule has 1 N–H and O–H groups in total. The van der Waals surface area contributed by atoms with E-state index in [1.54, 1.807) is 7.11 Å². The van der Waals surface area contributed by atoms with Gasteiger partial charge in [0.25, 0.3) is 0 Å². The molecule has 0 radical (unpaired) electrons. The Morgan fingerprint density at radius 3 is 2.52 bits per heavy atom. The van der Waals surface area contributed by atoms with Crippen LogP contribution < -0.4 is 10.1 Å². The molecule has 1 unspecified atom stereocenters. The van der Waals surface area contributed by atoms with Gasteiger partial charge in [-0.05, 0) is 74.5 Å². The van der Waals surface area contributed by atoms with E-state index in [1.165, 1.54) is 30.5 Å². The van der Waals surface area contributed by atoms with Crippen LogP contribution >= 0.6 is 31.9 Å². The van der Waals surface area contributed by atoms with Crippen LogP contribution in [0.4, 0.5) is 0 Å². The lowest BCUT2D eigenvalue weighted by Crippen LogP contribution is -2.45. The number of halogens is 2. The predicted octanol–water partition coefficient (Wildman–Crippen LogP) is 4.97. The first-order chi connectivity index (χ1) is 12.2. The fourth-order valence-electron chi connectivity index (χ4n) is 3.38. The van der Waals surface area contributed by atoms with Crippen LogP contribution in [0.1, 0.15) is 24.0 Å². The third-order valence-corrected chi connectivity index (χ3v) is 5.79. The van der Waals surface area contributed by atoms with Gasteiger partial charge in [0.15, 0.2) is 0 Å². The van der Waals surface area contributed by atoms with Gasteiger partial charge in [0.1, 0.15) is 5.75 Å². The minimum absolute atomic E-state index is 0.539. The van der Waals surface area contributed by atoms with E-state index in [9.17, 15) is 0 Å². The van der Waals surface area contributed by atoms with E-state index in [4.69, 9.17) is 4.74 Å². The zero-order valence-corrected chi connectivity index (χ0v) is 17.6. The van der Waals surface area contributed by atoms with E-state index in [-0.39, 0.29) is 0 Å². The van der Waals surface area contributed by atoms with Crippen LogP contribution in [0, 0.1) is 0 Å². The standard InChI is InChI=1S/C20H24Br2N2O/c1-25-20-18(21)10-16(11-19(20)22)12-23-17-8-5-9-24(14-17)13-15-6-3-2-4-7-15/h2-4,6-7,10-11,17,23H,5,8-9,12-14H2,1H3. The monoisotopic (exact) mass is 466 g/mol. The number of piperidine rings is 1. The molecule has 0 aromatic heterocycles. The topological polar surface area (TPSA) is 24.5 Å². The molecular formula is C20H24Br2N2O. The van der Waals surface area contributed by atoms with Crippen LogP contribution in [0.3, 0.4) is 0 Å². The van der Waals surface area contributed by atoms with Gasteiger partial charge in [-0.25, -0.2) is 0 Å². The summed E-state index contributed by atoms with van der Waals surface area (Å²) in [5, 5.41) is 3.72. The average molecular weight is 468 g/mol. The third kappa shape index (κ3) is 5.30. The number of benzene rings is 2. The molecule has 0 bridgehead atoms. The Labute approximate surface area is 167 Å². The van der Waals surface area contributed by atoms with Crippen molar-refractivity contribution >= 4 is 31.9 Å². The number of rotatable bonds is 6. The maximum Gasteiger partial charge on any atom is 0.147 e. The summed E-state index contributed by atoms with van der Waals surface area (Å²) in [6.07, 6.45) is 2.49. The SMILES string of the molecule is COc1c(Br)cc(CNC2CCCN(Cc3ccccc3)C2)cc1Br. The van der Waals surface area contributed by atoms with E-state index in [0.29, 0.717) is 6.04 Å². The van der Waals surface area contributed by atoms with Gasteiger partial charge in [-0.1, -0.05) is 30.3 Å². The summed E-state index contributed by atoms with van der Waals surface area (Å²) in [7, 11) is 1.69. The van der Waals surface area contributed by atoms with E-state index < -0.39 is 0 Å². The molecule has 1 atom stereocenters. The Kier molecular flexibility index (Phi) is 6.93. The quantitative estimate of drug-likeness (QED) is 0.648. The molecule has 134 valence electrons. The van der Waals surface area contributed by atoms with Crippen molar-refractivity contribution in [2.24, 2.45) is 0 Å². The highest BCUT2D eigenvalue weighted by atomic mass is 79.9. The first kappa shape index (κ1) is 18.9. The Hall–Kier alpha value is -0.880. The number of ether oxygens (including phenoxy) is 1. The minimum atomic E-state index is 0.539. The van der Waals surface area contributed by atoms with Gasteiger partial charge in [-0.15, -0.1) is 0 Å². The van der Waals surface area contributed by atoms with Gasteiger partial charge < -0.3 is 10.1 Å². The van der Waals surface area contributed by atoms with Crippen LogP contribution in [0.15, 0.2) is 51.4 Å². The second-order valence-corrected chi connectivity index (χ2v) is 8.24. The van der Waals surface area contributed by atoms with Crippen molar-refractivity contribution in [2.75, 3.05) is 20.2 Å². The van der Waals surface area contributed by atoms with Gasteiger partial charge in [0.2, 0.25) is 0 Å². The van der Waals surface area contributed by atoms with Gasteiger partial charge in [0.05, 0.1) is 16.1 Å². The molecular weight excluding hydrogens is 444 g/mol. The van der Waals surface area contributed by atoms with Crippen molar-refractivity contribution in [2.45, 2.75) is 32.0 Å². The van der Waals surface area contributed by atoms with Gasteiger partial charge in [0, 0.05) is 25.7 Å². The van der Waals surface area contributed by atoms with Crippen molar-refractivity contribution in [3.8, 4) is 5.75 Å². The molecule has 25 heavy (non-hydrogen) atoms. The van der Waals surface area contributed by atoms with Crippen LogP contribution in [0.25, 0.3) is 0 Å². The Morgan fingerprint density at radius 1 is 1.12 bits per heavy atom. The van der Waals surface area contributed by atoms with Crippen molar-refractivity contribution in [3.63, 3.8) is 0 Å². The highest BCUT2D eigenvalue weighted by Crippen LogP contribution is 2.34. The Morgan fingerprint density at radius 2 is 1.84 bits per heavy atom. The number of nitrogens with one attached hydrogen (secondary N) is 1. The fraction of sp³-hybridized carbons (Fsp3) is 0.400. The number of hydrogen-bond acceptors (Lipinski definition) is 3. The zero-order chi connectivity index (χ0) is 17.6. The van der Waals surface area contributed by atoms with E-state index in [0.717, 1.165) is 34.3 Å². The molecule has 0 saturated carbocycles. The molecule has 2 aromatic rings. The Balaban J connectivity index is 1.54. The lowest BCUT2D eigenvalue weighted by atomic mass is 10.0. The number of likely N-dealkylation sites (tertiary alicyclic amines) is 1.